The number of furan rings is 2. The van der Waals surface area contributed by atoms with E-state index in [0.717, 1.165) is 72.6 Å². The lowest BCUT2D eigenvalue weighted by atomic mass is 9.86. The summed E-state index contributed by atoms with van der Waals surface area (Å²) in [4.78, 5) is 4.98. The fourth-order valence-electron chi connectivity index (χ4n) is 13.5. The van der Waals surface area contributed by atoms with Crippen LogP contribution in [0, 0.1) is 0 Å². The zero-order chi connectivity index (χ0) is 56.4. The highest BCUT2D eigenvalue weighted by molar-refractivity contribution is 7.13. The second kappa shape index (κ2) is 17.6. The number of hydrogen-bond donors (Lipinski definition) is 0. The molecule has 0 atom stereocenters. The van der Waals surface area contributed by atoms with Crippen LogP contribution in [0.5, 0.6) is 0 Å². The molecule has 402 valence electrons. The van der Waals surface area contributed by atoms with Crippen molar-refractivity contribution in [2.75, 3.05) is 9.80 Å². The fourth-order valence-corrected chi connectivity index (χ4v) is 22.0. The first-order chi connectivity index (χ1) is 37.7. The maximum Gasteiger partial charge on any atom is 0.160 e. The van der Waals surface area contributed by atoms with E-state index in [4.69, 9.17) is 8.83 Å². The average molecular weight is 1080 g/mol. The quantitative estimate of drug-likeness (QED) is 0.155. The van der Waals surface area contributed by atoms with Crippen LogP contribution in [0.2, 0.25) is 26.2 Å². The molecule has 2 aliphatic heterocycles. The van der Waals surface area contributed by atoms with E-state index in [9.17, 15) is 0 Å². The molecule has 2 aliphatic rings. The Hall–Kier alpha value is -7.39. The van der Waals surface area contributed by atoms with Crippen molar-refractivity contribution in [3.63, 3.8) is 0 Å². The third-order valence-corrected chi connectivity index (χ3v) is 25.3. The summed E-state index contributed by atoms with van der Waals surface area (Å²) in [7, 11) is -5.10. The largest absolute Gasteiger partial charge is 0.455 e. The van der Waals surface area contributed by atoms with Crippen LogP contribution in [0.1, 0.15) is 105 Å². The van der Waals surface area contributed by atoms with Crippen LogP contribution in [-0.4, -0.2) is 16.1 Å². The number of anilines is 6. The summed E-state index contributed by atoms with van der Waals surface area (Å²) in [6, 6.07) is 64.6. The summed E-state index contributed by atoms with van der Waals surface area (Å²) in [5, 5.41) is 10.6. The standard InChI is InChI=1S/C74H76N2O2Si2/c1-71(2,3)45-25-33-49(34-26-45)75(50-35-27-46(28-36-50)72(4,5)6)57-43-62-65(68-63(57)53-21-17-19-23-59(53)78-68)56-42-41-55-64-61(79(13,14)69(55)70(56)80(62,15)16)44-58(67-66(64)54-22-18-20-24-60(54)77-67)76(51-37-29-47(30-38-51)73(7,8)9)52-39-31-48(32-40-52)74(10,11)12/h17-44H,1-16H3. The minimum Gasteiger partial charge on any atom is -0.455 e. The molecule has 0 fully saturated rings. The van der Waals surface area contributed by atoms with E-state index in [1.165, 1.54) is 60.3 Å². The minimum absolute atomic E-state index is 0.0174. The Balaban J connectivity index is 1.06. The van der Waals surface area contributed by atoms with Gasteiger partial charge >= 0.3 is 0 Å². The number of para-hydroxylation sites is 2. The molecule has 11 aromatic rings. The Morgan fingerprint density at radius 3 is 1.06 bits per heavy atom. The first-order valence-electron chi connectivity index (χ1n) is 28.9. The molecule has 9 aromatic carbocycles. The molecule has 4 nitrogen and oxygen atoms in total. The van der Waals surface area contributed by atoms with Crippen LogP contribution < -0.4 is 30.5 Å². The summed E-state index contributed by atoms with van der Waals surface area (Å²) < 4.78 is 14.6. The van der Waals surface area contributed by atoms with Crippen molar-refractivity contribution in [2.45, 2.75) is 131 Å². The van der Waals surface area contributed by atoms with Gasteiger partial charge in [0.1, 0.15) is 32.9 Å². The maximum atomic E-state index is 7.33. The third kappa shape index (κ3) is 7.94. The Bertz CT molecular complexity index is 4180. The lowest BCUT2D eigenvalue weighted by Crippen LogP contribution is -2.63. The molecule has 6 heteroatoms. The lowest BCUT2D eigenvalue weighted by Gasteiger charge is -2.31. The second-order valence-electron chi connectivity index (χ2n) is 28.3. The second-order valence-corrected chi connectivity index (χ2v) is 36.8. The summed E-state index contributed by atoms with van der Waals surface area (Å²) >= 11 is 0. The summed E-state index contributed by atoms with van der Waals surface area (Å²) in [6.45, 7) is 38.0. The zero-order valence-electron chi connectivity index (χ0n) is 49.9. The molecule has 0 N–H and O–H groups in total. The molecule has 0 spiro atoms. The molecule has 0 amide bonds. The Labute approximate surface area is 476 Å². The molecule has 0 unspecified atom stereocenters. The van der Waals surface area contributed by atoms with Crippen molar-refractivity contribution in [3.05, 3.63) is 192 Å². The minimum atomic E-state index is -2.55. The molecule has 0 radical (unpaired) electrons. The predicted molar refractivity (Wildman–Crippen MR) is 350 cm³/mol. The first kappa shape index (κ1) is 52.0. The maximum absolute atomic E-state index is 7.33. The molecular formula is C74H76N2O2Si2. The molecule has 13 rings (SSSR count). The van der Waals surface area contributed by atoms with Gasteiger partial charge in [-0.05, 0) is 154 Å². The highest BCUT2D eigenvalue weighted by Gasteiger charge is 2.50. The van der Waals surface area contributed by atoms with Gasteiger partial charge in [0.05, 0.1) is 16.8 Å². The van der Waals surface area contributed by atoms with Crippen molar-refractivity contribution in [1.29, 1.82) is 0 Å². The summed E-state index contributed by atoms with van der Waals surface area (Å²) in [6.07, 6.45) is 0. The summed E-state index contributed by atoms with van der Waals surface area (Å²) in [5.74, 6) is 0. The molecule has 0 saturated carbocycles. The van der Waals surface area contributed by atoms with Crippen molar-refractivity contribution >= 4 is 115 Å². The first-order valence-corrected chi connectivity index (χ1v) is 34.9. The smallest absolute Gasteiger partial charge is 0.160 e. The van der Waals surface area contributed by atoms with Crippen LogP contribution in [-0.2, 0) is 21.7 Å². The van der Waals surface area contributed by atoms with E-state index in [1.807, 2.05) is 0 Å². The molecule has 0 bridgehead atoms. The van der Waals surface area contributed by atoms with Crippen LogP contribution in [0.4, 0.5) is 34.1 Å². The van der Waals surface area contributed by atoms with E-state index in [-0.39, 0.29) is 21.7 Å². The number of benzene rings is 9. The van der Waals surface area contributed by atoms with E-state index in [1.54, 1.807) is 10.4 Å². The molecule has 80 heavy (non-hydrogen) atoms. The van der Waals surface area contributed by atoms with E-state index in [0.29, 0.717) is 0 Å². The van der Waals surface area contributed by atoms with Gasteiger partial charge in [0.15, 0.2) is 5.58 Å². The molecule has 2 aromatic heterocycles. The Morgan fingerprint density at radius 2 is 0.662 bits per heavy atom. The SMILES string of the molecule is CC(C)(C)c1ccc(N(c2ccc(C(C)(C)C)cc2)c2cc3c(c4c2oc2ccccc24)-c2ccc4c(c2[Si]3(C)C)[Si](C)(C)c2cc(N(c3ccc(C(C)(C)C)cc3)c3ccc(C(C)(C)C)cc3)c3c(oc5ccccc53)c2-4)cc1. The van der Waals surface area contributed by atoms with E-state index in [2.05, 4.69) is 289 Å². The normalized spacial score (nSPS) is 14.7. The zero-order valence-corrected chi connectivity index (χ0v) is 51.9. The van der Waals surface area contributed by atoms with Gasteiger partial charge in [0.25, 0.3) is 0 Å². The van der Waals surface area contributed by atoms with Gasteiger partial charge in [0, 0.05) is 44.5 Å². The van der Waals surface area contributed by atoms with Crippen molar-refractivity contribution in [2.24, 2.45) is 0 Å². The Morgan fingerprint density at radius 1 is 0.338 bits per heavy atom. The van der Waals surface area contributed by atoms with Crippen LogP contribution in [0.15, 0.2) is 179 Å². The van der Waals surface area contributed by atoms with E-state index >= 15 is 0 Å². The van der Waals surface area contributed by atoms with Gasteiger partial charge in [-0.3, -0.25) is 0 Å². The summed E-state index contributed by atoms with van der Waals surface area (Å²) in [5.41, 5.74) is 21.0. The lowest BCUT2D eigenvalue weighted by molar-refractivity contribution is 0.590. The van der Waals surface area contributed by atoms with Gasteiger partial charge in [-0.15, -0.1) is 0 Å². The van der Waals surface area contributed by atoms with Gasteiger partial charge in [0.2, 0.25) is 0 Å². The van der Waals surface area contributed by atoms with Gasteiger partial charge in [-0.25, -0.2) is 0 Å². The fraction of sp³-hybridized carbons (Fsp3) is 0.270. The molecule has 0 aliphatic carbocycles. The number of fused-ring (bicyclic) bond motifs is 15. The number of hydrogen-bond acceptors (Lipinski definition) is 4. The van der Waals surface area contributed by atoms with E-state index < -0.39 is 16.1 Å². The highest BCUT2D eigenvalue weighted by atomic mass is 28.3. The third-order valence-electron chi connectivity index (χ3n) is 18.0. The van der Waals surface area contributed by atoms with Crippen LogP contribution in [0.3, 0.4) is 0 Å². The van der Waals surface area contributed by atoms with Crippen molar-refractivity contribution in [3.8, 4) is 22.3 Å². The predicted octanol–water partition coefficient (Wildman–Crippen LogP) is 19.2. The molecular weight excluding hydrogens is 1000 g/mol. The average Bonchev–Trinajstić information content (AvgIpc) is 4.31. The monoisotopic (exact) mass is 1080 g/mol. The van der Waals surface area contributed by atoms with Crippen LogP contribution in [0.25, 0.3) is 66.1 Å². The van der Waals surface area contributed by atoms with Crippen molar-refractivity contribution < 1.29 is 8.83 Å². The highest BCUT2D eigenvalue weighted by Crippen LogP contribution is 2.51. The van der Waals surface area contributed by atoms with Gasteiger partial charge in [-0.1, -0.05) is 206 Å². The Kier molecular flexibility index (Phi) is 11.4. The molecule has 0 saturated heterocycles. The van der Waals surface area contributed by atoms with Crippen LogP contribution >= 0.6 is 0 Å². The topological polar surface area (TPSA) is 32.8 Å². The number of nitrogens with zero attached hydrogens (tertiary/aromatic N) is 2. The molecule has 4 heterocycles. The van der Waals surface area contributed by atoms with Gasteiger partial charge in [-0.2, -0.15) is 0 Å². The van der Waals surface area contributed by atoms with Gasteiger partial charge < -0.3 is 18.6 Å². The van der Waals surface area contributed by atoms with Crippen molar-refractivity contribution in [1.82, 2.24) is 0 Å². The number of rotatable bonds is 6.